The third-order valence-electron chi connectivity index (χ3n) is 15.3. The van der Waals surface area contributed by atoms with Crippen LogP contribution in [0.4, 0.5) is 13.2 Å². The van der Waals surface area contributed by atoms with Gasteiger partial charge in [-0.3, -0.25) is 0 Å². The Morgan fingerprint density at radius 1 is 0.256 bits per heavy atom. The summed E-state index contributed by atoms with van der Waals surface area (Å²) in [6.45, 7) is 0. The standard InChI is InChI=1S/C71H29F3N12/c72-71(73,74)55-22-44(34-79)21-49(23-55)60-29-69(85-65-13-5-45(56-9-1-40(30-75)17-50(56)35-80)24-61(65)62-25-46(6-14-66(62)85)57-10-2-41(31-76)18-51(57)36-81)54(39-84)28-70(60)86-67-15-7-47(58-11-3-42(32-77)19-52(58)37-82)26-63(67)64-27-48(8-16-68(64)86)59-12-4-43(33-78)20-53(59)38-83/h1-29H. The van der Waals surface area contributed by atoms with Gasteiger partial charge in [-0.15, -0.1) is 0 Å². The van der Waals surface area contributed by atoms with Crippen molar-refractivity contribution < 1.29 is 13.2 Å². The topological polar surface area (TPSA) is 248 Å². The highest BCUT2D eigenvalue weighted by atomic mass is 19.4. The van der Waals surface area contributed by atoms with Crippen molar-refractivity contribution in [2.75, 3.05) is 0 Å². The molecule has 0 atom stereocenters. The molecule has 0 radical (unpaired) electrons. The fourth-order valence-electron chi connectivity index (χ4n) is 11.3. The predicted octanol–water partition coefficient (Wildman–Crippen LogP) is 16.0. The lowest BCUT2D eigenvalue weighted by molar-refractivity contribution is -0.137. The SMILES string of the molecule is N#Cc1cc(-c2cc(-n3c4ccc(-c5ccc(C#N)cc5C#N)cc4c4cc(-c5ccc(C#N)cc5C#N)ccc43)c(C#N)cc2-n2c3ccc(-c4ccc(C#N)cc4C#N)cc3c3cc(-c4ccc(C#N)cc4C#N)ccc32)cc(C(F)(F)F)c1. The van der Waals surface area contributed by atoms with Gasteiger partial charge in [-0.2, -0.15) is 65.8 Å². The summed E-state index contributed by atoms with van der Waals surface area (Å²) >= 11 is 0. The molecule has 0 saturated carbocycles. The molecule has 10 aromatic carbocycles. The molecule has 0 spiro atoms. The molecule has 0 aliphatic carbocycles. The lowest BCUT2D eigenvalue weighted by atomic mass is 9.95. The highest BCUT2D eigenvalue weighted by Gasteiger charge is 2.32. The summed E-state index contributed by atoms with van der Waals surface area (Å²) in [6, 6.07) is 68.1. The van der Waals surface area contributed by atoms with Gasteiger partial charge in [0.15, 0.2) is 0 Å². The van der Waals surface area contributed by atoms with Crippen LogP contribution in [0, 0.1) is 113 Å². The summed E-state index contributed by atoms with van der Waals surface area (Å²) < 4.78 is 48.9. The second kappa shape index (κ2) is 20.9. The fraction of sp³-hybridized carbons (Fsp3) is 0.0141. The van der Waals surface area contributed by atoms with Crippen molar-refractivity contribution in [1.82, 2.24) is 9.13 Å². The van der Waals surface area contributed by atoms with Gasteiger partial charge in [-0.1, -0.05) is 48.5 Å². The highest BCUT2D eigenvalue weighted by molar-refractivity contribution is 6.14. The molecule has 0 saturated heterocycles. The zero-order chi connectivity index (χ0) is 60.1. The van der Waals surface area contributed by atoms with Gasteiger partial charge in [0, 0.05) is 27.1 Å². The van der Waals surface area contributed by atoms with Crippen LogP contribution in [0.1, 0.15) is 61.2 Å². The minimum absolute atomic E-state index is 0.0344. The van der Waals surface area contributed by atoms with Crippen LogP contribution in [0.2, 0.25) is 0 Å². The Hall–Kier alpha value is -13.5. The number of nitriles is 10. The smallest absolute Gasteiger partial charge is 0.309 e. The third kappa shape index (κ3) is 8.82. The Kier molecular flexibility index (Phi) is 12.9. The van der Waals surface area contributed by atoms with Crippen LogP contribution in [0.15, 0.2) is 176 Å². The summed E-state index contributed by atoms with van der Waals surface area (Å²) in [5.74, 6) is 0. The normalized spacial score (nSPS) is 10.8. The maximum Gasteiger partial charge on any atom is 0.416 e. The minimum atomic E-state index is -4.92. The van der Waals surface area contributed by atoms with Crippen molar-refractivity contribution in [1.29, 1.82) is 52.6 Å². The summed E-state index contributed by atoms with van der Waals surface area (Å²) in [5, 5.41) is 104. The molecule has 2 heterocycles. The van der Waals surface area contributed by atoms with E-state index in [9.17, 15) is 52.6 Å². The van der Waals surface area contributed by atoms with E-state index >= 15 is 13.2 Å². The lowest BCUT2D eigenvalue weighted by Crippen LogP contribution is -2.07. The molecule has 2 aromatic heterocycles. The van der Waals surface area contributed by atoms with Crippen LogP contribution < -0.4 is 0 Å². The first-order valence-corrected chi connectivity index (χ1v) is 25.9. The zero-order valence-corrected chi connectivity index (χ0v) is 44.2. The maximum atomic E-state index is 15.1. The van der Waals surface area contributed by atoms with Gasteiger partial charge < -0.3 is 9.13 Å². The molecule has 0 fully saturated rings. The Morgan fingerprint density at radius 2 is 0.581 bits per heavy atom. The number of fused-ring (bicyclic) bond motifs is 6. The molecule has 0 aliphatic rings. The van der Waals surface area contributed by atoms with Crippen LogP contribution in [-0.2, 0) is 6.18 Å². The Bertz CT molecular complexity index is 5230. The molecule has 86 heavy (non-hydrogen) atoms. The number of halogens is 3. The van der Waals surface area contributed by atoms with E-state index in [0.717, 1.165) is 12.1 Å². The quantitative estimate of drug-likeness (QED) is 0.146. The number of benzene rings is 10. The van der Waals surface area contributed by atoms with E-state index in [-0.39, 0.29) is 78.1 Å². The molecule has 0 unspecified atom stereocenters. The number of hydrogen-bond donors (Lipinski definition) is 0. The molecule has 0 amide bonds. The van der Waals surface area contributed by atoms with Crippen molar-refractivity contribution in [2.24, 2.45) is 0 Å². The molecule has 12 aromatic rings. The van der Waals surface area contributed by atoms with Gasteiger partial charge in [-0.25, -0.2) is 0 Å². The van der Waals surface area contributed by atoms with Crippen molar-refractivity contribution in [2.45, 2.75) is 6.18 Å². The monoisotopic (exact) mass is 1110 g/mol. The fourth-order valence-corrected chi connectivity index (χ4v) is 11.3. The molecular formula is C71H29F3N12. The first-order valence-electron chi connectivity index (χ1n) is 25.9. The van der Waals surface area contributed by atoms with Gasteiger partial charge in [-0.05, 0) is 177 Å². The van der Waals surface area contributed by atoms with Crippen LogP contribution in [0.3, 0.4) is 0 Å². The predicted molar refractivity (Wildman–Crippen MR) is 314 cm³/mol. The van der Waals surface area contributed by atoms with Crippen LogP contribution in [-0.4, -0.2) is 9.13 Å². The van der Waals surface area contributed by atoms with E-state index in [1.807, 2.05) is 30.3 Å². The summed E-state index contributed by atoms with van der Waals surface area (Å²) in [4.78, 5) is 0. The van der Waals surface area contributed by atoms with E-state index in [0.29, 0.717) is 88.1 Å². The molecular weight excluding hydrogens is 1080 g/mol. The zero-order valence-electron chi connectivity index (χ0n) is 44.2. The van der Waals surface area contributed by atoms with Crippen molar-refractivity contribution in [3.05, 3.63) is 237 Å². The summed E-state index contributed by atoms with van der Waals surface area (Å²) in [5.41, 5.74) is 7.59. The Labute approximate surface area is 487 Å². The number of aromatic nitrogens is 2. The minimum Gasteiger partial charge on any atom is -0.309 e. The maximum absolute atomic E-state index is 15.1. The average Bonchev–Trinajstić information content (AvgIpc) is 1.63. The van der Waals surface area contributed by atoms with Gasteiger partial charge in [0.05, 0.1) is 149 Å². The molecule has 0 aliphatic heterocycles. The highest BCUT2D eigenvalue weighted by Crippen LogP contribution is 2.46. The van der Waals surface area contributed by atoms with Crippen LogP contribution >= 0.6 is 0 Å². The van der Waals surface area contributed by atoms with E-state index in [1.165, 1.54) is 30.3 Å². The Morgan fingerprint density at radius 3 is 0.884 bits per heavy atom. The van der Waals surface area contributed by atoms with Crippen molar-refractivity contribution in [3.63, 3.8) is 0 Å². The summed E-state index contributed by atoms with van der Waals surface area (Å²) in [6.07, 6.45) is -4.92. The van der Waals surface area contributed by atoms with Gasteiger partial charge in [0.25, 0.3) is 0 Å². The van der Waals surface area contributed by atoms with E-state index in [1.54, 1.807) is 118 Å². The van der Waals surface area contributed by atoms with Crippen molar-refractivity contribution >= 4 is 43.6 Å². The van der Waals surface area contributed by atoms with Gasteiger partial charge in [0.2, 0.25) is 0 Å². The molecule has 0 bridgehead atoms. The van der Waals surface area contributed by atoms with E-state index in [4.69, 9.17) is 0 Å². The third-order valence-corrected chi connectivity index (χ3v) is 15.3. The Balaban J connectivity index is 1.19. The second-order valence-corrected chi connectivity index (χ2v) is 19.9. The number of rotatable bonds is 7. The van der Waals surface area contributed by atoms with Crippen LogP contribution in [0.25, 0.3) is 111 Å². The molecule has 0 N–H and O–H groups in total. The van der Waals surface area contributed by atoms with Gasteiger partial charge in [0.1, 0.15) is 6.07 Å². The van der Waals surface area contributed by atoms with Gasteiger partial charge >= 0.3 is 6.18 Å². The largest absolute Gasteiger partial charge is 0.416 e. The molecule has 12 rings (SSSR count). The molecule has 15 heteroatoms. The number of nitrogens with zero attached hydrogens (tertiary/aromatic N) is 12. The number of hydrogen-bond acceptors (Lipinski definition) is 10. The van der Waals surface area contributed by atoms with E-state index < -0.39 is 11.7 Å². The van der Waals surface area contributed by atoms with Crippen molar-refractivity contribution in [3.8, 4) is 128 Å². The lowest BCUT2D eigenvalue weighted by Gasteiger charge is -2.20. The number of alkyl halides is 3. The van der Waals surface area contributed by atoms with Crippen LogP contribution in [0.5, 0.6) is 0 Å². The first-order chi connectivity index (χ1) is 41.8. The van der Waals surface area contributed by atoms with E-state index in [2.05, 4.69) is 54.6 Å². The second-order valence-electron chi connectivity index (χ2n) is 19.9. The summed E-state index contributed by atoms with van der Waals surface area (Å²) in [7, 11) is 0. The molecule has 12 nitrogen and oxygen atoms in total. The molecule has 394 valence electrons. The average molecular weight is 1110 g/mol. The first kappa shape index (κ1) is 53.1.